The van der Waals surface area contributed by atoms with Gasteiger partial charge in [-0.25, -0.2) is 4.79 Å². The average molecular weight is 332 g/mol. The van der Waals surface area contributed by atoms with Crippen LogP contribution in [0.2, 0.25) is 5.02 Å². The van der Waals surface area contributed by atoms with Gasteiger partial charge < -0.3 is 15.7 Å². The van der Waals surface area contributed by atoms with Crippen molar-refractivity contribution in [1.82, 2.24) is 0 Å². The fourth-order valence-corrected chi connectivity index (χ4v) is 2.18. The molecule has 0 fully saturated rings. The van der Waals surface area contributed by atoms with Crippen molar-refractivity contribution in [2.45, 2.75) is 13.8 Å². The van der Waals surface area contributed by atoms with Crippen molar-refractivity contribution < 1.29 is 9.90 Å². The molecule has 0 aliphatic rings. The number of carbonyl (C=O) groups excluding carboxylic acids is 1. The lowest BCUT2D eigenvalue weighted by Crippen LogP contribution is -2.20. The lowest BCUT2D eigenvalue weighted by molar-refractivity contribution is 0.262. The summed E-state index contributed by atoms with van der Waals surface area (Å²) in [4.78, 5) is 14.7. The highest BCUT2D eigenvalue weighted by atomic mass is 35.5. The smallest absolute Gasteiger partial charge is 0.323 e. The highest BCUT2D eigenvalue weighted by molar-refractivity contribution is 6.30. The van der Waals surface area contributed by atoms with E-state index >= 15 is 0 Å². The summed E-state index contributed by atoms with van der Waals surface area (Å²) in [6.45, 7) is 3.41. The van der Waals surface area contributed by atoms with Gasteiger partial charge in [-0.1, -0.05) is 22.8 Å². The number of amides is 2. The highest BCUT2D eigenvalue weighted by Gasteiger charge is 2.13. The molecule has 118 valence electrons. The van der Waals surface area contributed by atoms with Crippen LogP contribution in [0.4, 0.5) is 21.9 Å². The number of nitrogens with zero attached hydrogens (tertiary/aromatic N) is 3. The molecular weight excluding hydrogens is 318 g/mol. The number of halogens is 1. The molecule has 2 amide bonds. The van der Waals surface area contributed by atoms with Crippen LogP contribution in [0.3, 0.4) is 0 Å². The number of hydrogen-bond donors (Lipinski definition) is 3. The van der Waals surface area contributed by atoms with Crippen LogP contribution in [0, 0.1) is 13.8 Å². The molecule has 0 atom stereocenters. The molecule has 0 unspecified atom stereocenters. The van der Waals surface area contributed by atoms with Crippen LogP contribution >= 0.6 is 11.6 Å². The third-order valence-corrected chi connectivity index (χ3v) is 3.56. The minimum atomic E-state index is -0.479. The molecule has 0 heterocycles. The van der Waals surface area contributed by atoms with Gasteiger partial charge in [0.15, 0.2) is 0 Å². The predicted molar refractivity (Wildman–Crippen MR) is 90.5 cm³/mol. The Hall–Kier alpha value is -2.89. The number of urea groups is 1. The molecule has 0 aromatic heterocycles. The quantitative estimate of drug-likeness (QED) is 0.309. The van der Waals surface area contributed by atoms with Crippen LogP contribution in [0.25, 0.3) is 10.4 Å². The zero-order valence-electron chi connectivity index (χ0n) is 12.5. The summed E-state index contributed by atoms with van der Waals surface area (Å²) in [5.74, 6) is -0.110. The van der Waals surface area contributed by atoms with E-state index in [9.17, 15) is 9.90 Å². The Balaban J connectivity index is 2.25. The molecule has 7 nitrogen and oxygen atoms in total. The SMILES string of the molecule is Cc1c(NC(=O)Nc2cccc(Cl)c2)cc(N=[N+]=[N-])c(O)c1C. The molecule has 0 aliphatic carbocycles. The van der Waals surface area contributed by atoms with Crippen molar-refractivity contribution in [2.75, 3.05) is 10.6 Å². The Morgan fingerprint density at radius 1 is 1.26 bits per heavy atom. The number of hydrogen-bond acceptors (Lipinski definition) is 3. The molecule has 0 saturated carbocycles. The molecule has 2 aromatic rings. The van der Waals surface area contributed by atoms with Gasteiger partial charge in [0.05, 0.1) is 5.69 Å². The van der Waals surface area contributed by atoms with E-state index in [2.05, 4.69) is 20.7 Å². The number of carbonyl (C=O) groups is 1. The highest BCUT2D eigenvalue weighted by Crippen LogP contribution is 2.37. The number of phenolic OH excluding ortho intramolecular Hbond substituents is 1. The number of nitrogens with one attached hydrogen (secondary N) is 2. The van der Waals surface area contributed by atoms with E-state index in [0.717, 1.165) is 0 Å². The predicted octanol–water partition coefficient (Wildman–Crippen LogP) is 5.25. The second kappa shape index (κ2) is 6.91. The fraction of sp³-hybridized carbons (Fsp3) is 0.133. The van der Waals surface area contributed by atoms with Crippen LogP contribution in [-0.4, -0.2) is 11.1 Å². The van der Waals surface area contributed by atoms with Crippen LogP contribution in [0.15, 0.2) is 35.4 Å². The summed E-state index contributed by atoms with van der Waals surface area (Å²) < 4.78 is 0. The van der Waals surface area contributed by atoms with Gasteiger partial charge in [-0.2, -0.15) is 0 Å². The zero-order valence-corrected chi connectivity index (χ0v) is 13.2. The first-order chi connectivity index (χ1) is 10.9. The monoisotopic (exact) mass is 331 g/mol. The largest absolute Gasteiger partial charge is 0.507 e. The Morgan fingerprint density at radius 3 is 2.65 bits per heavy atom. The first-order valence-electron chi connectivity index (χ1n) is 6.64. The van der Waals surface area contributed by atoms with E-state index in [0.29, 0.717) is 27.5 Å². The number of benzene rings is 2. The van der Waals surface area contributed by atoms with Crippen molar-refractivity contribution >= 4 is 34.7 Å². The molecule has 0 saturated heterocycles. The van der Waals surface area contributed by atoms with Gasteiger partial charge in [0.1, 0.15) is 5.75 Å². The van der Waals surface area contributed by atoms with Gasteiger partial charge in [0, 0.05) is 21.3 Å². The molecule has 2 aromatic carbocycles. The summed E-state index contributed by atoms with van der Waals surface area (Å²) in [7, 11) is 0. The van der Waals surface area contributed by atoms with E-state index in [-0.39, 0.29) is 11.4 Å². The first-order valence-corrected chi connectivity index (χ1v) is 7.02. The zero-order chi connectivity index (χ0) is 17.0. The van der Waals surface area contributed by atoms with E-state index < -0.39 is 6.03 Å². The second-order valence-corrected chi connectivity index (χ2v) is 5.26. The van der Waals surface area contributed by atoms with E-state index in [1.807, 2.05) is 0 Å². The Morgan fingerprint density at radius 2 is 2.00 bits per heavy atom. The van der Waals surface area contributed by atoms with E-state index in [1.54, 1.807) is 38.1 Å². The summed E-state index contributed by atoms with van der Waals surface area (Å²) in [5, 5.41) is 19.1. The molecule has 0 radical (unpaired) electrons. The second-order valence-electron chi connectivity index (χ2n) is 4.82. The van der Waals surface area contributed by atoms with Crippen molar-refractivity contribution in [3.8, 4) is 5.75 Å². The summed E-state index contributed by atoms with van der Waals surface area (Å²) in [5.41, 5.74) is 10.7. The first kappa shape index (κ1) is 16.5. The van der Waals surface area contributed by atoms with Crippen LogP contribution in [0.5, 0.6) is 5.75 Å². The average Bonchev–Trinajstić information content (AvgIpc) is 2.50. The third kappa shape index (κ3) is 3.85. The van der Waals surface area contributed by atoms with Crippen LogP contribution in [-0.2, 0) is 0 Å². The standard InChI is InChI=1S/C15H14ClN5O2/c1-8-9(2)14(22)13(20-21-17)7-12(8)19-15(23)18-11-5-3-4-10(16)6-11/h3-7,22H,1-2H3,(H2,18,19,23). The Kier molecular flexibility index (Phi) is 4.95. The van der Waals surface area contributed by atoms with Gasteiger partial charge in [-0.15, -0.1) is 0 Å². The fourth-order valence-electron chi connectivity index (χ4n) is 1.99. The van der Waals surface area contributed by atoms with Gasteiger partial charge in [0.25, 0.3) is 0 Å². The molecule has 0 spiro atoms. The van der Waals surface area contributed by atoms with E-state index in [1.165, 1.54) is 6.07 Å². The number of anilines is 2. The van der Waals surface area contributed by atoms with Crippen molar-refractivity contribution in [3.63, 3.8) is 0 Å². The van der Waals surface area contributed by atoms with Gasteiger partial charge in [0.2, 0.25) is 0 Å². The summed E-state index contributed by atoms with van der Waals surface area (Å²) >= 11 is 5.86. The molecule has 3 N–H and O–H groups in total. The minimum Gasteiger partial charge on any atom is -0.507 e. The van der Waals surface area contributed by atoms with Crippen molar-refractivity contribution in [2.24, 2.45) is 5.11 Å². The summed E-state index contributed by atoms with van der Waals surface area (Å²) in [6, 6.07) is 7.66. The van der Waals surface area contributed by atoms with Gasteiger partial charge in [-0.05, 0) is 54.8 Å². The number of rotatable bonds is 3. The topological polar surface area (TPSA) is 110 Å². The molecule has 23 heavy (non-hydrogen) atoms. The molecular formula is C15H14ClN5O2. The molecule has 0 bridgehead atoms. The van der Waals surface area contributed by atoms with E-state index in [4.69, 9.17) is 17.1 Å². The number of aromatic hydroxyl groups is 1. The van der Waals surface area contributed by atoms with Crippen LogP contribution < -0.4 is 10.6 Å². The minimum absolute atomic E-state index is 0.0497. The van der Waals surface area contributed by atoms with Crippen molar-refractivity contribution in [1.29, 1.82) is 0 Å². The van der Waals surface area contributed by atoms with Crippen molar-refractivity contribution in [3.05, 3.63) is 56.9 Å². The maximum atomic E-state index is 12.1. The normalized spacial score (nSPS) is 9.87. The maximum Gasteiger partial charge on any atom is 0.323 e. The molecule has 8 heteroatoms. The number of phenols is 1. The lowest BCUT2D eigenvalue weighted by Gasteiger charge is -2.14. The van der Waals surface area contributed by atoms with Gasteiger partial charge >= 0.3 is 6.03 Å². The maximum absolute atomic E-state index is 12.1. The number of azide groups is 1. The molecule has 0 aliphatic heterocycles. The Bertz CT molecular complexity index is 816. The Labute approximate surface area is 137 Å². The van der Waals surface area contributed by atoms with Crippen LogP contribution in [0.1, 0.15) is 11.1 Å². The lowest BCUT2D eigenvalue weighted by atomic mass is 10.1. The summed E-state index contributed by atoms with van der Waals surface area (Å²) in [6.07, 6.45) is 0. The molecule has 2 rings (SSSR count). The van der Waals surface area contributed by atoms with Gasteiger partial charge in [-0.3, -0.25) is 0 Å². The third-order valence-electron chi connectivity index (χ3n) is 3.33.